The number of aliphatic imine (C=N–C) groups is 1. The van der Waals surface area contributed by atoms with Gasteiger partial charge in [-0.15, -0.1) is 0 Å². The van der Waals surface area contributed by atoms with E-state index in [0.29, 0.717) is 23.2 Å². The Balaban J connectivity index is 2.12. The van der Waals surface area contributed by atoms with Gasteiger partial charge in [0.25, 0.3) is 0 Å². The zero-order valence-corrected chi connectivity index (χ0v) is 16.1. The maximum absolute atomic E-state index is 12.6. The second kappa shape index (κ2) is 9.51. The Labute approximate surface area is 170 Å². The van der Waals surface area contributed by atoms with Crippen LogP contribution in [0, 0.1) is 0 Å². The van der Waals surface area contributed by atoms with Crippen LogP contribution in [-0.4, -0.2) is 39.0 Å². The monoisotopic (exact) mass is 423 g/mol. The lowest BCUT2D eigenvalue weighted by Crippen LogP contribution is -2.39. The van der Waals surface area contributed by atoms with E-state index < -0.39 is 29.9 Å². The van der Waals surface area contributed by atoms with Gasteiger partial charge in [0.1, 0.15) is 11.9 Å². The number of hydrogen-bond acceptors (Lipinski definition) is 6. The van der Waals surface area contributed by atoms with Gasteiger partial charge in [-0.25, -0.2) is 4.98 Å². The number of rotatable bonds is 7. The van der Waals surface area contributed by atoms with Gasteiger partial charge >= 0.3 is 6.18 Å². The predicted octanol–water partition coefficient (Wildman–Crippen LogP) is 2.81. The minimum atomic E-state index is -4.48. The van der Waals surface area contributed by atoms with Crippen LogP contribution in [0.2, 0.25) is 0 Å². The van der Waals surface area contributed by atoms with Crippen LogP contribution in [0.3, 0.4) is 0 Å². The van der Waals surface area contributed by atoms with Gasteiger partial charge in [-0.2, -0.15) is 13.2 Å². The van der Waals surface area contributed by atoms with E-state index in [4.69, 9.17) is 10.5 Å². The summed E-state index contributed by atoms with van der Waals surface area (Å²) in [6.07, 6.45) is -5.72. The van der Waals surface area contributed by atoms with Gasteiger partial charge < -0.3 is 20.7 Å². The molecule has 0 saturated carbocycles. The zero-order valence-electron chi connectivity index (χ0n) is 16.1. The summed E-state index contributed by atoms with van der Waals surface area (Å²) >= 11 is 0. The fourth-order valence-corrected chi connectivity index (χ4v) is 2.37. The summed E-state index contributed by atoms with van der Waals surface area (Å²) in [6, 6.07) is 8.41. The molecule has 0 spiro atoms. The summed E-state index contributed by atoms with van der Waals surface area (Å²) < 4.78 is 43.1. The summed E-state index contributed by atoms with van der Waals surface area (Å²) in [5.74, 6) is -0.733. The van der Waals surface area contributed by atoms with Crippen LogP contribution in [0.25, 0.3) is 0 Å². The first-order valence-electron chi connectivity index (χ1n) is 8.71. The number of allylic oxidation sites excluding steroid dienone is 1. The van der Waals surface area contributed by atoms with E-state index in [1.165, 1.54) is 6.08 Å². The van der Waals surface area contributed by atoms with Crippen LogP contribution in [0.1, 0.15) is 25.0 Å². The lowest BCUT2D eigenvalue weighted by atomic mass is 10.1. The number of carbonyl (C=O) groups is 1. The number of alkyl halides is 3. The fraction of sp³-hybridized carbons (Fsp3) is 0.250. The number of ether oxygens (including phenoxy) is 1. The van der Waals surface area contributed by atoms with Gasteiger partial charge in [-0.3, -0.25) is 9.79 Å². The van der Waals surface area contributed by atoms with Crippen molar-refractivity contribution < 1.29 is 32.9 Å². The Morgan fingerprint density at radius 3 is 2.27 bits per heavy atom. The maximum atomic E-state index is 12.6. The lowest BCUT2D eigenvalue weighted by Gasteiger charge is -2.16. The molecule has 0 bridgehead atoms. The molecule has 1 heterocycles. The quantitative estimate of drug-likeness (QED) is 0.592. The minimum Gasteiger partial charge on any atom is -0.439 e. The van der Waals surface area contributed by atoms with Gasteiger partial charge in [-0.1, -0.05) is 6.08 Å². The first-order chi connectivity index (χ1) is 14.0. The third kappa shape index (κ3) is 5.88. The molecule has 0 saturated heterocycles. The van der Waals surface area contributed by atoms with E-state index in [2.05, 4.69) is 9.98 Å². The predicted molar refractivity (Wildman–Crippen MR) is 103 cm³/mol. The number of halogens is 3. The first kappa shape index (κ1) is 23.0. The van der Waals surface area contributed by atoms with Crippen LogP contribution in [0.5, 0.6) is 11.6 Å². The molecule has 0 unspecified atom stereocenters. The second-order valence-electron chi connectivity index (χ2n) is 6.21. The second-order valence-corrected chi connectivity index (χ2v) is 6.21. The highest BCUT2D eigenvalue weighted by atomic mass is 19.4. The van der Waals surface area contributed by atoms with E-state index in [1.807, 2.05) is 0 Å². The van der Waals surface area contributed by atoms with E-state index >= 15 is 0 Å². The number of nitrogens with two attached hydrogens (primary N) is 1. The molecule has 160 valence electrons. The van der Waals surface area contributed by atoms with Crippen molar-refractivity contribution in [3.05, 3.63) is 65.5 Å². The van der Waals surface area contributed by atoms with Crippen LogP contribution < -0.4 is 10.5 Å². The molecule has 2 atom stereocenters. The van der Waals surface area contributed by atoms with E-state index in [1.54, 1.807) is 38.1 Å². The van der Waals surface area contributed by atoms with Crippen molar-refractivity contribution in [3.8, 4) is 11.6 Å². The van der Waals surface area contributed by atoms with Crippen molar-refractivity contribution >= 4 is 11.6 Å². The van der Waals surface area contributed by atoms with Crippen LogP contribution in [-0.2, 0) is 11.0 Å². The number of aromatic nitrogens is 1. The fourth-order valence-electron chi connectivity index (χ4n) is 2.37. The Morgan fingerprint density at radius 2 is 1.80 bits per heavy atom. The molecule has 4 N–H and O–H groups in total. The molecule has 1 aromatic heterocycles. The number of carbonyl (C=O) groups excluding carboxylic acids is 1. The average Bonchev–Trinajstić information content (AvgIpc) is 2.71. The van der Waals surface area contributed by atoms with Crippen LogP contribution in [0.4, 0.5) is 13.2 Å². The normalized spacial score (nSPS) is 14.9. The maximum Gasteiger partial charge on any atom is 0.417 e. The molecule has 0 aliphatic rings. The van der Waals surface area contributed by atoms with Crippen molar-refractivity contribution in [2.24, 2.45) is 10.7 Å². The van der Waals surface area contributed by atoms with Crippen molar-refractivity contribution in [3.63, 3.8) is 0 Å². The van der Waals surface area contributed by atoms with Crippen molar-refractivity contribution in [1.82, 2.24) is 4.98 Å². The highest BCUT2D eigenvalue weighted by Crippen LogP contribution is 2.30. The van der Waals surface area contributed by atoms with Gasteiger partial charge in [0.2, 0.25) is 11.8 Å². The van der Waals surface area contributed by atoms with Crippen molar-refractivity contribution in [2.75, 3.05) is 0 Å². The highest BCUT2D eigenvalue weighted by molar-refractivity contribution is 5.99. The van der Waals surface area contributed by atoms with E-state index in [9.17, 15) is 28.2 Å². The topological polar surface area (TPSA) is 118 Å². The number of primary amides is 1. The third-order valence-electron chi connectivity index (χ3n) is 4.04. The molecule has 2 aromatic rings. The average molecular weight is 423 g/mol. The molecule has 30 heavy (non-hydrogen) atoms. The van der Waals surface area contributed by atoms with Crippen LogP contribution in [0.15, 0.2) is 59.4 Å². The van der Waals surface area contributed by atoms with Crippen LogP contribution >= 0.6 is 0 Å². The van der Waals surface area contributed by atoms with Crippen molar-refractivity contribution in [1.29, 1.82) is 0 Å². The Kier molecular flexibility index (Phi) is 7.30. The molecule has 0 radical (unpaired) electrons. The largest absolute Gasteiger partial charge is 0.439 e. The number of nitrogens with zero attached hydrogens (tertiary/aromatic N) is 2. The number of aliphatic hydroxyl groups is 2. The highest BCUT2D eigenvalue weighted by Gasteiger charge is 2.30. The molecule has 1 amide bonds. The number of pyridine rings is 1. The molecular formula is C20H20F3N3O4. The van der Waals surface area contributed by atoms with Gasteiger partial charge in [-0.05, 0) is 49.7 Å². The molecule has 7 nitrogen and oxygen atoms in total. The Hall–Kier alpha value is -3.24. The summed E-state index contributed by atoms with van der Waals surface area (Å²) in [7, 11) is 0. The molecule has 1 aromatic carbocycles. The number of aliphatic hydroxyl groups excluding tert-OH is 2. The van der Waals surface area contributed by atoms with Crippen molar-refractivity contribution in [2.45, 2.75) is 32.2 Å². The van der Waals surface area contributed by atoms with Gasteiger partial charge in [0, 0.05) is 18.0 Å². The van der Waals surface area contributed by atoms with E-state index in [-0.39, 0.29) is 11.6 Å². The summed E-state index contributed by atoms with van der Waals surface area (Å²) in [6.45, 7) is 3.23. The molecule has 0 aliphatic heterocycles. The molecule has 10 heteroatoms. The van der Waals surface area contributed by atoms with Gasteiger partial charge in [0.05, 0.1) is 11.3 Å². The number of benzene rings is 1. The summed E-state index contributed by atoms with van der Waals surface area (Å²) in [4.78, 5) is 18.9. The standard InChI is InChI=1S/C20H20F3N3O4/c1-3-15(17(27)18(28)19(24)29)26-11(2)12-4-7-14(8-5-12)30-16-9-6-13(10-25-16)20(21,22)23/h3-10,17-18,27-28H,1-2H3,(H2,24,29)/b15-3-,26-11?/t17-,18+/m1/s1. The first-order valence-corrected chi connectivity index (χ1v) is 8.71. The Bertz CT molecular complexity index is 939. The smallest absolute Gasteiger partial charge is 0.417 e. The number of amides is 1. The zero-order chi connectivity index (χ0) is 22.5. The van der Waals surface area contributed by atoms with Gasteiger partial charge in [0.15, 0.2) is 6.10 Å². The molecule has 0 aliphatic carbocycles. The summed E-state index contributed by atoms with van der Waals surface area (Å²) in [5, 5.41) is 19.6. The van der Waals surface area contributed by atoms with E-state index in [0.717, 1.165) is 12.1 Å². The molecule has 0 fully saturated rings. The molecular weight excluding hydrogens is 403 g/mol. The molecule has 2 rings (SSSR count). The summed E-state index contributed by atoms with van der Waals surface area (Å²) in [5.41, 5.74) is 5.28. The minimum absolute atomic E-state index is 0.000836. The lowest BCUT2D eigenvalue weighted by molar-refractivity contribution is -0.137. The number of hydrogen-bond donors (Lipinski definition) is 3. The Morgan fingerprint density at radius 1 is 1.17 bits per heavy atom. The SMILES string of the molecule is C/C=C(\N=C(C)c1ccc(Oc2ccc(C(F)(F)F)cn2)cc1)[C@@H](O)[C@H](O)C(N)=O. The third-order valence-corrected chi connectivity index (χ3v) is 4.04.